The molecule has 4 N–H and O–H groups in total. The highest BCUT2D eigenvalue weighted by molar-refractivity contribution is 6.42. The van der Waals surface area contributed by atoms with E-state index in [0.717, 1.165) is 7.05 Å². The molecule has 0 bridgehead atoms. The van der Waals surface area contributed by atoms with Gasteiger partial charge in [0.05, 0.1) is 22.8 Å². The Hall–Kier alpha value is -1.75. The molecule has 32 heavy (non-hydrogen) atoms. The van der Waals surface area contributed by atoms with Crippen LogP contribution in [0.5, 0.6) is 0 Å². The minimum Gasteiger partial charge on any atom is -0.465 e. The van der Waals surface area contributed by atoms with Crippen molar-refractivity contribution in [2.24, 2.45) is 5.41 Å². The molecule has 0 fully saturated rings. The second-order valence-electron chi connectivity index (χ2n) is 8.73. The normalized spacial score (nSPS) is 16.1. The number of alkyl halides is 3. The van der Waals surface area contributed by atoms with Crippen molar-refractivity contribution in [3.8, 4) is 0 Å². The number of benzene rings is 1. The zero-order valence-corrected chi connectivity index (χ0v) is 19.5. The molecular weight excluding hydrogens is 476 g/mol. The quantitative estimate of drug-likeness (QED) is 0.433. The summed E-state index contributed by atoms with van der Waals surface area (Å²) in [4.78, 5) is 24.0. The third-order valence-corrected chi connectivity index (χ3v) is 5.84. The highest BCUT2D eigenvalue weighted by Gasteiger charge is 2.51. The van der Waals surface area contributed by atoms with Crippen LogP contribution in [-0.2, 0) is 10.2 Å². The van der Waals surface area contributed by atoms with E-state index in [1.807, 2.05) is 0 Å². The second kappa shape index (κ2) is 10.5. The number of amides is 2. The maximum atomic E-state index is 13.1. The minimum absolute atomic E-state index is 0.0415. The second-order valence-corrected chi connectivity index (χ2v) is 9.55. The third kappa shape index (κ3) is 6.87. The molecule has 0 saturated carbocycles. The fourth-order valence-corrected chi connectivity index (χ4v) is 4.26. The first-order valence-corrected chi connectivity index (χ1v) is 10.3. The van der Waals surface area contributed by atoms with Gasteiger partial charge in [-0.1, -0.05) is 50.0 Å². The molecule has 0 aromatic heterocycles. The van der Waals surface area contributed by atoms with Crippen molar-refractivity contribution in [1.29, 1.82) is 0 Å². The summed E-state index contributed by atoms with van der Waals surface area (Å²) in [5.41, 5.74) is -2.32. The van der Waals surface area contributed by atoms with Crippen molar-refractivity contribution in [3.63, 3.8) is 0 Å². The first-order valence-electron chi connectivity index (χ1n) is 9.52. The van der Waals surface area contributed by atoms with Gasteiger partial charge in [-0.2, -0.15) is 13.2 Å². The van der Waals surface area contributed by atoms with Crippen LogP contribution in [0, 0.1) is 5.41 Å². The Kier molecular flexibility index (Phi) is 9.24. The van der Waals surface area contributed by atoms with Crippen molar-refractivity contribution in [1.82, 2.24) is 10.2 Å². The predicted molar refractivity (Wildman–Crippen MR) is 114 cm³/mol. The van der Waals surface area contributed by atoms with E-state index in [-0.39, 0.29) is 22.0 Å². The summed E-state index contributed by atoms with van der Waals surface area (Å²) in [5, 5.41) is 31.8. The summed E-state index contributed by atoms with van der Waals surface area (Å²) >= 11 is 12.1. The van der Waals surface area contributed by atoms with Crippen molar-refractivity contribution >= 4 is 35.2 Å². The Labute approximate surface area is 194 Å². The largest absolute Gasteiger partial charge is 0.471 e. The number of nitrogens with one attached hydrogen (secondary N) is 1. The summed E-state index contributed by atoms with van der Waals surface area (Å²) in [5.74, 6) is -2.15. The van der Waals surface area contributed by atoms with Crippen molar-refractivity contribution < 1.29 is 38.1 Å². The molecule has 0 radical (unpaired) electrons. The van der Waals surface area contributed by atoms with Crippen LogP contribution in [-0.4, -0.2) is 70.7 Å². The number of aliphatic hydroxyl groups is 2. The maximum absolute atomic E-state index is 13.1. The predicted octanol–water partition coefficient (Wildman–Crippen LogP) is 3.68. The number of aliphatic hydroxyl groups excluding tert-OH is 2. The zero-order valence-electron chi connectivity index (χ0n) is 18.0. The van der Waals surface area contributed by atoms with Crippen LogP contribution >= 0.6 is 23.2 Å². The van der Waals surface area contributed by atoms with Gasteiger partial charge < -0.3 is 25.5 Å². The highest BCUT2D eigenvalue weighted by Crippen LogP contribution is 2.43. The Balaban J connectivity index is 3.89. The molecule has 12 heteroatoms. The van der Waals surface area contributed by atoms with Crippen molar-refractivity contribution in [2.75, 3.05) is 20.2 Å². The Morgan fingerprint density at radius 3 is 2.12 bits per heavy atom. The molecule has 0 aliphatic heterocycles. The van der Waals surface area contributed by atoms with Gasteiger partial charge in [0.25, 0.3) is 0 Å². The molecule has 3 atom stereocenters. The molecular formula is C20H27Cl2F3N2O5. The van der Waals surface area contributed by atoms with Gasteiger partial charge in [-0.15, -0.1) is 0 Å². The van der Waals surface area contributed by atoms with Gasteiger partial charge in [-0.25, -0.2) is 4.79 Å². The number of likely N-dealkylation sites (N-methyl/N-ethyl adjacent to an activating group) is 1. The first kappa shape index (κ1) is 28.3. The number of nitrogens with zero attached hydrogens (tertiary/aromatic N) is 1. The van der Waals surface area contributed by atoms with E-state index in [4.69, 9.17) is 23.2 Å². The SMILES string of the molecule is CN(CC(CC(O)CO)(c1ccc(Cl)c(Cl)c1)C(NC(=O)O)C(C)(C)C)C(=O)C(F)(F)F. The summed E-state index contributed by atoms with van der Waals surface area (Å²) in [7, 11) is 0.925. The minimum atomic E-state index is -5.18. The van der Waals surface area contributed by atoms with E-state index >= 15 is 0 Å². The van der Waals surface area contributed by atoms with Gasteiger partial charge in [-0.3, -0.25) is 4.79 Å². The lowest BCUT2D eigenvalue weighted by molar-refractivity contribution is -0.185. The third-order valence-electron chi connectivity index (χ3n) is 5.10. The lowest BCUT2D eigenvalue weighted by Crippen LogP contribution is -2.62. The summed E-state index contributed by atoms with van der Waals surface area (Å²) in [6.07, 6.45) is -8.47. The zero-order chi connectivity index (χ0) is 25.1. The molecule has 7 nitrogen and oxygen atoms in total. The molecule has 0 aliphatic rings. The van der Waals surface area contributed by atoms with Gasteiger partial charge in [0.1, 0.15) is 0 Å². The molecule has 0 spiro atoms. The number of hydrogen-bond acceptors (Lipinski definition) is 4. The monoisotopic (exact) mass is 502 g/mol. The van der Waals surface area contributed by atoms with Crippen LogP contribution in [0.1, 0.15) is 32.8 Å². The molecule has 2 amide bonds. The molecule has 1 aromatic rings. The smallest absolute Gasteiger partial charge is 0.465 e. The lowest BCUT2D eigenvalue weighted by atomic mass is 9.62. The van der Waals surface area contributed by atoms with Gasteiger partial charge in [0.2, 0.25) is 0 Å². The summed E-state index contributed by atoms with van der Waals surface area (Å²) < 4.78 is 39.4. The van der Waals surface area contributed by atoms with Crippen LogP contribution in [0.25, 0.3) is 0 Å². The standard InChI is InChI=1S/C20H27Cl2F3N2O5/c1-18(2,3)15(26-17(31)32)19(8-12(29)9-28,10-27(4)16(30)20(23,24)25)11-5-6-13(21)14(22)7-11/h5-7,12,15,26,28-29H,8-10H2,1-4H3,(H,31,32). The molecule has 0 heterocycles. The van der Waals surface area contributed by atoms with E-state index < -0.39 is 54.3 Å². The van der Waals surface area contributed by atoms with Crippen LogP contribution in [0.3, 0.4) is 0 Å². The Morgan fingerprint density at radius 1 is 1.16 bits per heavy atom. The maximum Gasteiger partial charge on any atom is 0.471 e. The van der Waals surface area contributed by atoms with E-state index in [1.54, 1.807) is 20.8 Å². The molecule has 1 aromatic carbocycles. The number of halogens is 5. The van der Waals surface area contributed by atoms with Crippen LogP contribution in [0.15, 0.2) is 18.2 Å². The lowest BCUT2D eigenvalue weighted by Gasteiger charge is -2.49. The van der Waals surface area contributed by atoms with Gasteiger partial charge >= 0.3 is 18.2 Å². The first-order chi connectivity index (χ1) is 14.5. The average molecular weight is 503 g/mol. The highest BCUT2D eigenvalue weighted by atomic mass is 35.5. The topological polar surface area (TPSA) is 110 Å². The van der Waals surface area contributed by atoms with Crippen molar-refractivity contribution in [3.05, 3.63) is 33.8 Å². The van der Waals surface area contributed by atoms with Crippen molar-refractivity contribution in [2.45, 2.75) is 50.9 Å². The van der Waals surface area contributed by atoms with E-state index in [2.05, 4.69) is 5.32 Å². The van der Waals surface area contributed by atoms with Gasteiger partial charge in [0, 0.05) is 25.0 Å². The summed E-state index contributed by atoms with van der Waals surface area (Å²) in [6.45, 7) is 3.55. The summed E-state index contributed by atoms with van der Waals surface area (Å²) in [6, 6.07) is 3.04. The van der Waals surface area contributed by atoms with E-state index in [9.17, 15) is 38.1 Å². The molecule has 182 valence electrons. The number of hydrogen-bond donors (Lipinski definition) is 4. The van der Waals surface area contributed by atoms with E-state index in [0.29, 0.717) is 4.90 Å². The van der Waals surface area contributed by atoms with Gasteiger partial charge in [0.15, 0.2) is 0 Å². The molecule has 0 aliphatic carbocycles. The van der Waals surface area contributed by atoms with Crippen LogP contribution < -0.4 is 5.32 Å². The van der Waals surface area contributed by atoms with E-state index in [1.165, 1.54) is 18.2 Å². The Bertz CT molecular complexity index is 832. The fourth-order valence-electron chi connectivity index (χ4n) is 3.96. The fraction of sp³-hybridized carbons (Fsp3) is 0.600. The Morgan fingerprint density at radius 2 is 1.72 bits per heavy atom. The number of rotatable bonds is 8. The molecule has 0 saturated heterocycles. The number of carbonyl (C=O) groups excluding carboxylic acids is 1. The molecule has 1 rings (SSSR count). The number of carbonyl (C=O) groups is 2. The number of carboxylic acid groups (broad SMARTS) is 1. The average Bonchev–Trinajstić information content (AvgIpc) is 2.65. The van der Waals surface area contributed by atoms with Gasteiger partial charge in [-0.05, 0) is 29.5 Å². The van der Waals surface area contributed by atoms with Crippen LogP contribution in [0.2, 0.25) is 10.0 Å². The van der Waals surface area contributed by atoms with Crippen LogP contribution in [0.4, 0.5) is 18.0 Å². The molecule has 3 unspecified atom stereocenters.